The number of rotatable bonds is 4. The molecule has 1 aromatic heterocycles. The highest BCUT2D eigenvalue weighted by molar-refractivity contribution is 5.02. The van der Waals surface area contributed by atoms with Crippen LogP contribution in [0.15, 0.2) is 15.7 Å². The maximum absolute atomic E-state index is 11.7. The predicted octanol–water partition coefficient (Wildman–Crippen LogP) is -0.911. The number of nitrogens with zero attached hydrogens (tertiary/aromatic N) is 2. The molecule has 1 aliphatic rings. The molecule has 0 aromatic carbocycles. The number of hydrogen-bond acceptors (Lipinski definition) is 4. The van der Waals surface area contributed by atoms with Gasteiger partial charge in [-0.1, -0.05) is 0 Å². The molecule has 1 aromatic rings. The first kappa shape index (κ1) is 13.0. The van der Waals surface area contributed by atoms with Crippen LogP contribution in [-0.4, -0.2) is 26.4 Å². The summed E-state index contributed by atoms with van der Waals surface area (Å²) in [5.74, 6) is 0. The fraction of sp³-hybridized carbons (Fsp3) is 0.667. The topological polar surface area (TPSA) is 76.3 Å². The zero-order chi connectivity index (χ0) is 13.3. The van der Waals surface area contributed by atoms with Crippen molar-refractivity contribution < 1.29 is 5.11 Å². The Kier molecular flexibility index (Phi) is 3.41. The highest BCUT2D eigenvalue weighted by Crippen LogP contribution is 2.30. The average Bonchev–Trinajstić information content (AvgIpc) is 2.30. The highest BCUT2D eigenvalue weighted by atomic mass is 16.3. The first-order valence-corrected chi connectivity index (χ1v) is 6.12. The van der Waals surface area contributed by atoms with Crippen molar-refractivity contribution in [2.75, 3.05) is 6.54 Å². The minimum atomic E-state index is -0.599. The summed E-state index contributed by atoms with van der Waals surface area (Å²) in [5.41, 5.74) is -0.608. The lowest BCUT2D eigenvalue weighted by atomic mass is 9.80. The molecule has 0 aliphatic heterocycles. The van der Waals surface area contributed by atoms with Gasteiger partial charge in [-0.2, -0.15) is 0 Å². The van der Waals surface area contributed by atoms with Gasteiger partial charge in [0.25, 0.3) is 5.56 Å². The third-order valence-electron chi connectivity index (χ3n) is 3.67. The first-order valence-electron chi connectivity index (χ1n) is 6.12. The lowest BCUT2D eigenvalue weighted by molar-refractivity contribution is -0.0315. The summed E-state index contributed by atoms with van der Waals surface area (Å²) in [6.45, 7) is 0.903. The minimum absolute atomic E-state index is 0.308. The Balaban J connectivity index is 2.06. The lowest BCUT2D eigenvalue weighted by Gasteiger charge is -2.36. The third-order valence-corrected chi connectivity index (χ3v) is 3.67. The van der Waals surface area contributed by atoms with Crippen LogP contribution in [0.3, 0.4) is 0 Å². The van der Waals surface area contributed by atoms with Gasteiger partial charge in [0.1, 0.15) is 0 Å². The Bertz CT molecular complexity index is 555. The number of hydrogen-bond donors (Lipinski definition) is 2. The van der Waals surface area contributed by atoms with Crippen LogP contribution in [0.25, 0.3) is 0 Å². The van der Waals surface area contributed by atoms with Crippen molar-refractivity contribution in [3.63, 3.8) is 0 Å². The van der Waals surface area contributed by atoms with Gasteiger partial charge in [0, 0.05) is 38.9 Å². The average molecular weight is 253 g/mol. The molecule has 1 fully saturated rings. The van der Waals surface area contributed by atoms with Crippen LogP contribution >= 0.6 is 0 Å². The normalized spacial score (nSPS) is 17.5. The first-order chi connectivity index (χ1) is 8.43. The summed E-state index contributed by atoms with van der Waals surface area (Å²) >= 11 is 0. The SMILES string of the molecule is Cn1c(CNCC2(O)CCC2)cc(=O)n(C)c1=O. The number of aliphatic hydroxyl groups is 1. The molecule has 1 aliphatic carbocycles. The van der Waals surface area contributed by atoms with Crippen LogP contribution in [0.5, 0.6) is 0 Å². The highest BCUT2D eigenvalue weighted by Gasteiger charge is 2.33. The van der Waals surface area contributed by atoms with Crippen LogP contribution in [0.2, 0.25) is 0 Å². The van der Waals surface area contributed by atoms with E-state index in [0.717, 1.165) is 23.8 Å². The van der Waals surface area contributed by atoms with Crippen LogP contribution in [0, 0.1) is 0 Å². The summed E-state index contributed by atoms with van der Waals surface area (Å²) in [6, 6.07) is 1.44. The summed E-state index contributed by atoms with van der Waals surface area (Å²) in [7, 11) is 3.09. The molecule has 6 heteroatoms. The van der Waals surface area contributed by atoms with Gasteiger partial charge >= 0.3 is 5.69 Å². The van der Waals surface area contributed by atoms with Gasteiger partial charge in [0.05, 0.1) is 5.60 Å². The molecule has 18 heavy (non-hydrogen) atoms. The Labute approximate surface area is 105 Å². The fourth-order valence-electron chi connectivity index (χ4n) is 2.13. The molecule has 0 atom stereocenters. The van der Waals surface area contributed by atoms with Gasteiger partial charge in [-0.3, -0.25) is 13.9 Å². The maximum Gasteiger partial charge on any atom is 0.330 e. The molecule has 1 heterocycles. The molecule has 0 bridgehead atoms. The summed E-state index contributed by atoms with van der Waals surface area (Å²) < 4.78 is 2.52. The van der Waals surface area contributed by atoms with E-state index in [4.69, 9.17) is 0 Å². The van der Waals surface area contributed by atoms with Gasteiger partial charge in [0.15, 0.2) is 0 Å². The summed E-state index contributed by atoms with van der Waals surface area (Å²) in [6.07, 6.45) is 2.69. The van der Waals surface area contributed by atoms with Crippen molar-refractivity contribution >= 4 is 0 Å². The minimum Gasteiger partial charge on any atom is -0.389 e. The zero-order valence-corrected chi connectivity index (χ0v) is 10.8. The summed E-state index contributed by atoms with van der Waals surface area (Å²) in [4.78, 5) is 23.2. The van der Waals surface area contributed by atoms with E-state index in [9.17, 15) is 14.7 Å². The molecule has 6 nitrogen and oxygen atoms in total. The Hall–Kier alpha value is -1.40. The number of aromatic nitrogens is 2. The monoisotopic (exact) mass is 253 g/mol. The van der Waals surface area contributed by atoms with E-state index in [-0.39, 0.29) is 11.2 Å². The van der Waals surface area contributed by atoms with Crippen LogP contribution in [-0.2, 0) is 20.6 Å². The number of nitrogens with one attached hydrogen (secondary N) is 1. The van der Waals surface area contributed by atoms with Crippen LogP contribution in [0.1, 0.15) is 25.0 Å². The van der Waals surface area contributed by atoms with Gasteiger partial charge in [-0.05, 0) is 19.3 Å². The van der Waals surface area contributed by atoms with Gasteiger partial charge in [0.2, 0.25) is 0 Å². The Morgan fingerprint density at radius 2 is 2.00 bits per heavy atom. The van der Waals surface area contributed by atoms with E-state index in [1.165, 1.54) is 17.7 Å². The smallest absolute Gasteiger partial charge is 0.330 e. The van der Waals surface area contributed by atoms with E-state index in [0.29, 0.717) is 18.8 Å². The Morgan fingerprint density at radius 3 is 2.56 bits per heavy atom. The molecule has 0 spiro atoms. The van der Waals surface area contributed by atoms with Crippen molar-refractivity contribution in [2.24, 2.45) is 14.1 Å². The van der Waals surface area contributed by atoms with Crippen molar-refractivity contribution in [3.05, 3.63) is 32.6 Å². The molecular formula is C12H19N3O3. The largest absolute Gasteiger partial charge is 0.389 e. The van der Waals surface area contributed by atoms with E-state index in [1.807, 2.05) is 0 Å². The standard InChI is InChI=1S/C12H19N3O3/c1-14-9(6-10(16)15(2)11(14)17)7-13-8-12(18)4-3-5-12/h6,13,18H,3-5,7-8H2,1-2H3. The van der Waals surface area contributed by atoms with Gasteiger partial charge in [-0.25, -0.2) is 4.79 Å². The predicted molar refractivity (Wildman–Crippen MR) is 67.4 cm³/mol. The van der Waals surface area contributed by atoms with E-state index in [1.54, 1.807) is 7.05 Å². The molecule has 0 radical (unpaired) electrons. The third kappa shape index (κ3) is 2.39. The quantitative estimate of drug-likeness (QED) is 0.728. The van der Waals surface area contributed by atoms with E-state index in [2.05, 4.69) is 5.32 Å². The molecule has 2 rings (SSSR count). The van der Waals surface area contributed by atoms with E-state index < -0.39 is 5.60 Å². The molecule has 2 N–H and O–H groups in total. The van der Waals surface area contributed by atoms with Crippen LogP contribution < -0.4 is 16.6 Å². The molecule has 0 amide bonds. The molecule has 0 saturated heterocycles. The fourth-order valence-corrected chi connectivity index (χ4v) is 2.13. The second kappa shape index (κ2) is 4.70. The molecule has 1 saturated carbocycles. The molecular weight excluding hydrogens is 234 g/mol. The van der Waals surface area contributed by atoms with Crippen molar-refractivity contribution in [2.45, 2.75) is 31.4 Å². The molecule has 0 unspecified atom stereocenters. The lowest BCUT2D eigenvalue weighted by Crippen LogP contribution is -2.46. The Morgan fingerprint density at radius 1 is 1.33 bits per heavy atom. The second-order valence-electron chi connectivity index (χ2n) is 5.06. The van der Waals surface area contributed by atoms with Crippen molar-refractivity contribution in [1.82, 2.24) is 14.5 Å². The summed E-state index contributed by atoms with van der Waals surface area (Å²) in [5, 5.41) is 13.0. The van der Waals surface area contributed by atoms with Crippen molar-refractivity contribution in [3.8, 4) is 0 Å². The molecule has 100 valence electrons. The van der Waals surface area contributed by atoms with Gasteiger partial charge < -0.3 is 10.4 Å². The van der Waals surface area contributed by atoms with E-state index >= 15 is 0 Å². The van der Waals surface area contributed by atoms with Gasteiger partial charge in [-0.15, -0.1) is 0 Å². The van der Waals surface area contributed by atoms with Crippen LogP contribution in [0.4, 0.5) is 0 Å². The van der Waals surface area contributed by atoms with Crippen molar-refractivity contribution in [1.29, 1.82) is 0 Å². The zero-order valence-electron chi connectivity index (χ0n) is 10.8. The maximum atomic E-state index is 11.7. The second-order valence-corrected chi connectivity index (χ2v) is 5.06.